The van der Waals surface area contributed by atoms with E-state index in [1.54, 1.807) is 0 Å². The molecule has 0 heterocycles. The Kier molecular flexibility index (Phi) is 3.75. The highest BCUT2D eigenvalue weighted by atomic mass is 16.4. The molecule has 2 nitrogen and oxygen atoms in total. The molecule has 1 N–H and O–H groups in total. The van der Waals surface area contributed by atoms with Crippen LogP contribution in [-0.4, -0.2) is 11.1 Å². The average molecular weight is 238 g/mol. The van der Waals surface area contributed by atoms with Crippen molar-refractivity contribution >= 4 is 5.97 Å². The third-order valence-corrected chi connectivity index (χ3v) is 4.85. The van der Waals surface area contributed by atoms with Gasteiger partial charge in [-0.3, -0.25) is 4.79 Å². The number of rotatable bonds is 4. The Labute approximate surface area is 105 Å². The molecule has 0 unspecified atom stereocenters. The summed E-state index contributed by atoms with van der Waals surface area (Å²) in [6, 6.07) is 0. The molecule has 0 aromatic carbocycles. The highest BCUT2D eigenvalue weighted by Crippen LogP contribution is 2.56. The highest BCUT2D eigenvalue weighted by Gasteiger charge is 2.48. The maximum atomic E-state index is 11.3. The van der Waals surface area contributed by atoms with E-state index in [1.165, 1.54) is 11.1 Å². The zero-order valence-electron chi connectivity index (χ0n) is 12.1. The van der Waals surface area contributed by atoms with Crippen LogP contribution in [0.25, 0.3) is 0 Å². The van der Waals surface area contributed by atoms with Crippen LogP contribution in [0.5, 0.6) is 0 Å². The first-order valence-electron chi connectivity index (χ1n) is 6.55. The molecule has 2 heteroatoms. The first-order valence-corrected chi connectivity index (χ1v) is 6.55. The number of carboxylic acid groups (broad SMARTS) is 1. The molecule has 1 fully saturated rings. The van der Waals surface area contributed by atoms with Crippen molar-refractivity contribution in [2.75, 3.05) is 0 Å². The van der Waals surface area contributed by atoms with Gasteiger partial charge < -0.3 is 5.11 Å². The molecule has 0 spiro atoms. The second-order valence-electron chi connectivity index (χ2n) is 6.52. The second-order valence-corrected chi connectivity index (χ2v) is 6.52. The molecule has 0 bridgehead atoms. The van der Waals surface area contributed by atoms with Gasteiger partial charge in [0.05, 0.1) is 5.41 Å². The molecule has 1 saturated carbocycles. The van der Waals surface area contributed by atoms with Crippen molar-refractivity contribution in [1.82, 2.24) is 0 Å². The highest BCUT2D eigenvalue weighted by molar-refractivity contribution is 5.74. The standard InChI is InChI=1S/C15H26O2/c1-7-15(6,13(16)17)9-11-8-12(10(2)3)14(11,4)5/h11H,7-9H2,1-6H3,(H,16,17)/t11-,15-/m1/s1. The van der Waals surface area contributed by atoms with Gasteiger partial charge >= 0.3 is 5.97 Å². The lowest BCUT2D eigenvalue weighted by molar-refractivity contribution is -0.150. The number of carbonyl (C=O) groups is 1. The maximum absolute atomic E-state index is 11.3. The summed E-state index contributed by atoms with van der Waals surface area (Å²) < 4.78 is 0. The van der Waals surface area contributed by atoms with Crippen molar-refractivity contribution in [2.24, 2.45) is 16.7 Å². The first kappa shape index (κ1) is 14.3. The molecule has 17 heavy (non-hydrogen) atoms. The minimum atomic E-state index is -0.651. The van der Waals surface area contributed by atoms with Gasteiger partial charge in [-0.05, 0) is 51.4 Å². The predicted molar refractivity (Wildman–Crippen MR) is 70.9 cm³/mol. The summed E-state index contributed by atoms with van der Waals surface area (Å²) in [6.45, 7) is 12.7. The van der Waals surface area contributed by atoms with Crippen molar-refractivity contribution < 1.29 is 9.90 Å². The van der Waals surface area contributed by atoms with Crippen LogP contribution in [0, 0.1) is 16.7 Å². The third-order valence-electron chi connectivity index (χ3n) is 4.85. The molecule has 1 aliphatic carbocycles. The Morgan fingerprint density at radius 3 is 2.29 bits per heavy atom. The zero-order valence-corrected chi connectivity index (χ0v) is 12.1. The molecule has 0 amide bonds. The summed E-state index contributed by atoms with van der Waals surface area (Å²) in [5.41, 5.74) is 2.55. The number of carboxylic acids is 1. The fourth-order valence-electron chi connectivity index (χ4n) is 2.98. The molecule has 1 rings (SSSR count). The van der Waals surface area contributed by atoms with Gasteiger partial charge in [0.2, 0.25) is 0 Å². The van der Waals surface area contributed by atoms with E-state index >= 15 is 0 Å². The van der Waals surface area contributed by atoms with Crippen LogP contribution >= 0.6 is 0 Å². The zero-order chi connectivity index (χ0) is 13.4. The van der Waals surface area contributed by atoms with Crippen molar-refractivity contribution in [3.63, 3.8) is 0 Å². The molecule has 0 aliphatic heterocycles. The van der Waals surface area contributed by atoms with Gasteiger partial charge in [-0.1, -0.05) is 31.9 Å². The monoisotopic (exact) mass is 238 g/mol. The summed E-state index contributed by atoms with van der Waals surface area (Å²) in [7, 11) is 0. The molecule has 0 radical (unpaired) electrons. The third kappa shape index (κ3) is 2.41. The largest absolute Gasteiger partial charge is 0.481 e. The number of allylic oxidation sites excluding steroid dienone is 2. The molecular weight excluding hydrogens is 212 g/mol. The minimum absolute atomic E-state index is 0.185. The summed E-state index contributed by atoms with van der Waals surface area (Å²) in [5, 5.41) is 9.33. The van der Waals surface area contributed by atoms with Crippen LogP contribution in [0.4, 0.5) is 0 Å². The van der Waals surface area contributed by atoms with Crippen LogP contribution < -0.4 is 0 Å². The van der Waals surface area contributed by atoms with E-state index in [9.17, 15) is 9.90 Å². The van der Waals surface area contributed by atoms with Crippen LogP contribution in [0.15, 0.2) is 11.1 Å². The summed E-state index contributed by atoms with van der Waals surface area (Å²) in [4.78, 5) is 11.3. The van der Waals surface area contributed by atoms with E-state index in [0.29, 0.717) is 12.3 Å². The Bertz CT molecular complexity index is 348. The molecule has 0 aromatic heterocycles. The van der Waals surface area contributed by atoms with Crippen LogP contribution in [0.3, 0.4) is 0 Å². The Hall–Kier alpha value is -0.790. The van der Waals surface area contributed by atoms with E-state index in [2.05, 4.69) is 27.7 Å². The van der Waals surface area contributed by atoms with Gasteiger partial charge in [-0.25, -0.2) is 0 Å². The van der Waals surface area contributed by atoms with E-state index in [0.717, 1.165) is 12.8 Å². The number of hydrogen-bond donors (Lipinski definition) is 1. The lowest BCUT2D eigenvalue weighted by atomic mass is 9.53. The smallest absolute Gasteiger partial charge is 0.309 e. The van der Waals surface area contributed by atoms with Gasteiger partial charge in [0.15, 0.2) is 0 Å². The number of aliphatic carboxylic acids is 1. The topological polar surface area (TPSA) is 37.3 Å². The minimum Gasteiger partial charge on any atom is -0.481 e. The van der Waals surface area contributed by atoms with Gasteiger partial charge in [-0.15, -0.1) is 0 Å². The predicted octanol–water partition coefficient (Wildman–Crippen LogP) is 4.26. The quantitative estimate of drug-likeness (QED) is 0.743. The van der Waals surface area contributed by atoms with Crippen LogP contribution in [-0.2, 0) is 4.79 Å². The van der Waals surface area contributed by atoms with Crippen molar-refractivity contribution in [3.05, 3.63) is 11.1 Å². The van der Waals surface area contributed by atoms with Crippen molar-refractivity contribution in [3.8, 4) is 0 Å². The van der Waals surface area contributed by atoms with Gasteiger partial charge in [-0.2, -0.15) is 0 Å². The maximum Gasteiger partial charge on any atom is 0.309 e. The summed E-state index contributed by atoms with van der Waals surface area (Å²) in [6.07, 6.45) is 2.58. The lowest BCUT2D eigenvalue weighted by Gasteiger charge is -2.51. The summed E-state index contributed by atoms with van der Waals surface area (Å²) >= 11 is 0. The molecular formula is C15H26O2. The summed E-state index contributed by atoms with van der Waals surface area (Å²) in [5.74, 6) is -0.144. The fraction of sp³-hybridized carbons (Fsp3) is 0.800. The van der Waals surface area contributed by atoms with E-state index < -0.39 is 11.4 Å². The van der Waals surface area contributed by atoms with Crippen LogP contribution in [0.1, 0.15) is 60.8 Å². The van der Waals surface area contributed by atoms with Gasteiger partial charge in [0.25, 0.3) is 0 Å². The van der Waals surface area contributed by atoms with Crippen molar-refractivity contribution in [2.45, 2.75) is 60.8 Å². The Morgan fingerprint density at radius 2 is 2.00 bits per heavy atom. The van der Waals surface area contributed by atoms with E-state index in [4.69, 9.17) is 0 Å². The van der Waals surface area contributed by atoms with Crippen LogP contribution in [0.2, 0.25) is 0 Å². The Morgan fingerprint density at radius 1 is 1.47 bits per heavy atom. The molecule has 2 atom stereocenters. The molecule has 98 valence electrons. The molecule has 0 aromatic rings. The molecule has 1 aliphatic rings. The number of hydrogen-bond acceptors (Lipinski definition) is 1. The van der Waals surface area contributed by atoms with E-state index in [-0.39, 0.29) is 5.41 Å². The van der Waals surface area contributed by atoms with E-state index in [1.807, 2.05) is 13.8 Å². The Balaban J connectivity index is 2.81. The van der Waals surface area contributed by atoms with Gasteiger partial charge in [0, 0.05) is 0 Å². The normalized spacial score (nSPS) is 26.0. The first-order chi connectivity index (χ1) is 7.65. The second kappa shape index (κ2) is 4.47. The average Bonchev–Trinajstić information content (AvgIpc) is 2.22. The van der Waals surface area contributed by atoms with Crippen molar-refractivity contribution in [1.29, 1.82) is 0 Å². The lowest BCUT2D eigenvalue weighted by Crippen LogP contribution is -2.43. The van der Waals surface area contributed by atoms with Gasteiger partial charge in [0.1, 0.15) is 0 Å². The molecule has 0 saturated heterocycles. The SMILES string of the molecule is CC[C@](C)(C[C@H]1CC(=C(C)C)C1(C)C)C(=O)O. The fourth-order valence-corrected chi connectivity index (χ4v) is 2.98.